The molecular weight excluding hydrogens is 212 g/mol. The fourth-order valence-electron chi connectivity index (χ4n) is 1.12. The van der Waals surface area contributed by atoms with E-state index in [1.54, 1.807) is 17.4 Å². The minimum atomic E-state index is -0.555. The lowest BCUT2D eigenvalue weighted by molar-refractivity contribution is 0.444. The van der Waals surface area contributed by atoms with Crippen LogP contribution in [0.1, 0.15) is 10.6 Å². The first-order valence-corrected chi connectivity index (χ1v) is 5.18. The van der Waals surface area contributed by atoms with Crippen LogP contribution in [0.2, 0.25) is 0 Å². The molecule has 76 valence electrons. The van der Waals surface area contributed by atoms with Gasteiger partial charge in [0.15, 0.2) is 0 Å². The quantitative estimate of drug-likeness (QED) is 0.846. The third kappa shape index (κ3) is 2.57. The summed E-state index contributed by atoms with van der Waals surface area (Å²) in [4.78, 5) is 12.0. The van der Waals surface area contributed by atoms with Crippen molar-refractivity contribution in [1.29, 1.82) is 0 Å². The molecule has 0 atom stereocenters. The lowest BCUT2D eigenvalue weighted by atomic mass is 10.3. The monoisotopic (exact) mass is 220 g/mol. The normalized spacial score (nSPS) is 10.9. The van der Waals surface area contributed by atoms with Crippen LogP contribution in [-0.4, -0.2) is 5.11 Å². The van der Waals surface area contributed by atoms with Crippen LogP contribution in [0.5, 0.6) is 5.75 Å². The van der Waals surface area contributed by atoms with Crippen LogP contribution >= 0.6 is 11.3 Å². The van der Waals surface area contributed by atoms with Gasteiger partial charge < -0.3 is 9.52 Å². The van der Waals surface area contributed by atoms with Crippen molar-refractivity contribution in [3.8, 4) is 5.75 Å². The molecule has 0 unspecified atom stereocenters. The predicted molar refractivity (Wildman–Crippen MR) is 59.9 cm³/mol. The number of hydrogen-bond acceptors (Lipinski definition) is 4. The second-order valence-corrected chi connectivity index (χ2v) is 3.87. The topological polar surface area (TPSA) is 50.4 Å². The van der Waals surface area contributed by atoms with Crippen LogP contribution in [0.4, 0.5) is 0 Å². The molecule has 3 nitrogen and oxygen atoms in total. The van der Waals surface area contributed by atoms with Crippen molar-refractivity contribution in [3.05, 3.63) is 50.7 Å². The van der Waals surface area contributed by atoms with Crippen LogP contribution in [-0.2, 0) is 0 Å². The molecule has 0 saturated heterocycles. The predicted octanol–water partition coefficient (Wildman–Crippen LogP) is 2.58. The minimum absolute atomic E-state index is 0.0860. The molecule has 0 spiro atoms. The van der Waals surface area contributed by atoms with Crippen LogP contribution in [0.25, 0.3) is 12.2 Å². The van der Waals surface area contributed by atoms with Gasteiger partial charge >= 0.3 is 5.63 Å². The van der Waals surface area contributed by atoms with E-state index in [4.69, 9.17) is 9.52 Å². The Hall–Kier alpha value is -1.81. The van der Waals surface area contributed by atoms with E-state index >= 15 is 0 Å². The zero-order valence-electron chi connectivity index (χ0n) is 7.71. The average Bonchev–Trinajstić information content (AvgIpc) is 2.65. The van der Waals surface area contributed by atoms with E-state index < -0.39 is 5.63 Å². The standard InChI is InChI=1S/C11H8O3S/c12-8-6-9(14-11(13)7-8)3-4-10-2-1-5-15-10/h1-7,12H/b4-3+. The van der Waals surface area contributed by atoms with E-state index in [9.17, 15) is 4.79 Å². The molecule has 0 bridgehead atoms. The molecule has 2 rings (SSSR count). The molecule has 4 heteroatoms. The highest BCUT2D eigenvalue weighted by atomic mass is 32.1. The molecule has 0 aliphatic rings. The smallest absolute Gasteiger partial charge is 0.339 e. The first-order valence-electron chi connectivity index (χ1n) is 4.30. The number of hydrogen-bond donors (Lipinski definition) is 1. The highest BCUT2D eigenvalue weighted by Crippen LogP contribution is 2.14. The van der Waals surface area contributed by atoms with E-state index in [0.717, 1.165) is 10.9 Å². The van der Waals surface area contributed by atoms with Crippen molar-refractivity contribution in [2.75, 3.05) is 0 Å². The number of aromatic hydroxyl groups is 1. The molecule has 0 aliphatic heterocycles. The molecule has 0 fully saturated rings. The second-order valence-electron chi connectivity index (χ2n) is 2.89. The van der Waals surface area contributed by atoms with E-state index in [-0.39, 0.29) is 5.75 Å². The molecule has 0 saturated carbocycles. The summed E-state index contributed by atoms with van der Waals surface area (Å²) in [7, 11) is 0. The van der Waals surface area contributed by atoms with Gasteiger partial charge in [0.25, 0.3) is 0 Å². The molecule has 0 radical (unpaired) electrons. The Morgan fingerprint density at radius 1 is 1.33 bits per heavy atom. The Labute approximate surface area is 89.9 Å². The highest BCUT2D eigenvalue weighted by Gasteiger charge is 1.96. The highest BCUT2D eigenvalue weighted by molar-refractivity contribution is 7.10. The summed E-state index contributed by atoms with van der Waals surface area (Å²) >= 11 is 1.58. The summed E-state index contributed by atoms with van der Waals surface area (Å²) in [6.45, 7) is 0. The molecule has 0 aromatic carbocycles. The van der Waals surface area contributed by atoms with Crippen LogP contribution in [0, 0.1) is 0 Å². The Morgan fingerprint density at radius 3 is 2.87 bits per heavy atom. The number of thiophene rings is 1. The van der Waals surface area contributed by atoms with Gasteiger partial charge in [-0.3, -0.25) is 0 Å². The van der Waals surface area contributed by atoms with Gasteiger partial charge in [-0.2, -0.15) is 0 Å². The summed E-state index contributed by atoms with van der Waals surface area (Å²) in [5, 5.41) is 11.1. The third-order valence-corrected chi connectivity index (χ3v) is 2.57. The maximum absolute atomic E-state index is 10.9. The van der Waals surface area contributed by atoms with Crippen molar-refractivity contribution in [2.45, 2.75) is 0 Å². The Bertz CT molecular complexity index is 523. The number of rotatable bonds is 2. The Balaban J connectivity index is 2.28. The van der Waals surface area contributed by atoms with Crippen LogP contribution < -0.4 is 5.63 Å². The molecule has 0 amide bonds. The average molecular weight is 220 g/mol. The maximum Gasteiger partial charge on any atom is 0.339 e. The van der Waals surface area contributed by atoms with Gasteiger partial charge in [-0.15, -0.1) is 11.3 Å². The summed E-state index contributed by atoms with van der Waals surface area (Å²) in [5.41, 5.74) is -0.555. The van der Waals surface area contributed by atoms with E-state index in [1.807, 2.05) is 23.6 Å². The second kappa shape index (κ2) is 4.14. The van der Waals surface area contributed by atoms with Crippen molar-refractivity contribution in [3.63, 3.8) is 0 Å². The third-order valence-electron chi connectivity index (χ3n) is 1.73. The molecule has 0 aliphatic carbocycles. The fraction of sp³-hybridized carbons (Fsp3) is 0. The SMILES string of the molecule is O=c1cc(O)cc(/C=C/c2cccs2)o1. The van der Waals surface area contributed by atoms with E-state index in [1.165, 1.54) is 6.07 Å². The molecule has 1 N–H and O–H groups in total. The lowest BCUT2D eigenvalue weighted by Gasteiger charge is -1.92. The van der Waals surface area contributed by atoms with Crippen LogP contribution in [0.3, 0.4) is 0 Å². The van der Waals surface area contributed by atoms with Crippen molar-refractivity contribution < 1.29 is 9.52 Å². The van der Waals surface area contributed by atoms with Crippen LogP contribution in [0.15, 0.2) is 38.9 Å². The molecule has 2 aromatic heterocycles. The van der Waals surface area contributed by atoms with E-state index in [0.29, 0.717) is 5.76 Å². The van der Waals surface area contributed by atoms with Gasteiger partial charge in [-0.05, 0) is 23.6 Å². The minimum Gasteiger partial charge on any atom is -0.508 e. The molecule has 2 heterocycles. The maximum atomic E-state index is 10.9. The first-order chi connectivity index (χ1) is 7.24. The van der Waals surface area contributed by atoms with Crippen molar-refractivity contribution >= 4 is 23.5 Å². The largest absolute Gasteiger partial charge is 0.508 e. The van der Waals surface area contributed by atoms with Gasteiger partial charge in [0, 0.05) is 10.9 Å². The Kier molecular flexibility index (Phi) is 2.69. The molecular formula is C11H8O3S. The van der Waals surface area contributed by atoms with Crippen molar-refractivity contribution in [2.24, 2.45) is 0 Å². The molecule has 2 aromatic rings. The fourth-order valence-corrected chi connectivity index (χ4v) is 1.73. The summed E-state index contributed by atoms with van der Waals surface area (Å²) in [6.07, 6.45) is 3.47. The Morgan fingerprint density at radius 2 is 2.20 bits per heavy atom. The van der Waals surface area contributed by atoms with Gasteiger partial charge in [-0.25, -0.2) is 4.79 Å². The van der Waals surface area contributed by atoms with Crippen molar-refractivity contribution in [1.82, 2.24) is 0 Å². The van der Waals surface area contributed by atoms with Gasteiger partial charge in [0.1, 0.15) is 11.5 Å². The first kappa shape index (κ1) is 9.73. The summed E-state index contributed by atoms with van der Waals surface area (Å²) < 4.78 is 4.86. The van der Waals surface area contributed by atoms with E-state index in [2.05, 4.69) is 0 Å². The summed E-state index contributed by atoms with van der Waals surface area (Å²) in [5.74, 6) is 0.255. The molecule has 15 heavy (non-hydrogen) atoms. The lowest BCUT2D eigenvalue weighted by Crippen LogP contribution is -1.95. The van der Waals surface area contributed by atoms with Gasteiger partial charge in [0.2, 0.25) is 0 Å². The zero-order valence-corrected chi connectivity index (χ0v) is 8.53. The van der Waals surface area contributed by atoms with Gasteiger partial charge in [0.05, 0.1) is 6.07 Å². The summed E-state index contributed by atoms with van der Waals surface area (Å²) in [6, 6.07) is 6.30. The zero-order chi connectivity index (χ0) is 10.7. The van der Waals surface area contributed by atoms with Gasteiger partial charge in [-0.1, -0.05) is 6.07 Å².